The van der Waals surface area contributed by atoms with Gasteiger partial charge in [-0.05, 0) is 41.3 Å². The van der Waals surface area contributed by atoms with Crippen LogP contribution in [-0.4, -0.2) is 59.9 Å². The second kappa shape index (κ2) is 5.38. The Kier molecular flexibility index (Phi) is 3.16. The molecule has 0 aromatic heterocycles. The number of hydrogen-bond acceptors (Lipinski definition) is 7. The Balaban J connectivity index is 1.28. The lowest BCUT2D eigenvalue weighted by atomic mass is 9.79. The van der Waals surface area contributed by atoms with E-state index in [-0.39, 0.29) is 16.0 Å². The van der Waals surface area contributed by atoms with E-state index in [9.17, 15) is 4.79 Å². The molecular formula is C20H22N7O2+. The number of nitrogens with one attached hydrogen (secondary N) is 2. The van der Waals surface area contributed by atoms with Gasteiger partial charge in [0, 0.05) is 11.4 Å². The van der Waals surface area contributed by atoms with Gasteiger partial charge in [-0.2, -0.15) is 0 Å². The van der Waals surface area contributed by atoms with Gasteiger partial charge in [-0.15, -0.1) is 10.0 Å². The van der Waals surface area contributed by atoms with E-state index in [4.69, 9.17) is 9.84 Å². The number of fused-ring (bicyclic) bond motifs is 2. The Hall–Kier alpha value is -2.88. The van der Waals surface area contributed by atoms with Crippen LogP contribution in [0.5, 0.6) is 0 Å². The normalized spacial score (nSPS) is 30.1. The number of anilines is 2. The van der Waals surface area contributed by atoms with Crippen molar-refractivity contribution in [3.8, 4) is 0 Å². The number of aliphatic imine (C=N–C) groups is 2. The zero-order chi connectivity index (χ0) is 19.9. The fourth-order valence-corrected chi connectivity index (χ4v) is 4.54. The number of rotatable bonds is 2. The van der Waals surface area contributed by atoms with Crippen LogP contribution in [-0.2, 0) is 14.9 Å². The average molecular weight is 392 g/mol. The van der Waals surface area contributed by atoms with Crippen LogP contribution in [0.4, 0.5) is 11.4 Å². The lowest BCUT2D eigenvalue weighted by molar-refractivity contribution is -0.931. The van der Waals surface area contributed by atoms with Crippen molar-refractivity contribution >= 4 is 35.3 Å². The van der Waals surface area contributed by atoms with Crippen molar-refractivity contribution in [1.29, 1.82) is 0 Å². The van der Waals surface area contributed by atoms with Gasteiger partial charge in [0.1, 0.15) is 6.21 Å². The van der Waals surface area contributed by atoms with Gasteiger partial charge in [-0.1, -0.05) is 6.07 Å². The molecule has 9 nitrogen and oxygen atoms in total. The highest BCUT2D eigenvalue weighted by atomic mass is 16.5. The molecule has 1 aromatic carbocycles. The number of guanidine groups is 1. The Labute approximate surface area is 168 Å². The topological polar surface area (TPSA) is 90.7 Å². The van der Waals surface area contributed by atoms with Gasteiger partial charge in [0.25, 0.3) is 5.96 Å². The quantitative estimate of drug-likeness (QED) is 0.749. The third-order valence-corrected chi connectivity index (χ3v) is 6.40. The molecule has 1 amide bonds. The summed E-state index contributed by atoms with van der Waals surface area (Å²) in [5.74, 6) is 1.30. The van der Waals surface area contributed by atoms with E-state index in [1.807, 2.05) is 38.2 Å². The second-order valence-corrected chi connectivity index (χ2v) is 8.90. The van der Waals surface area contributed by atoms with E-state index >= 15 is 0 Å². The summed E-state index contributed by atoms with van der Waals surface area (Å²) in [6.07, 6.45) is 5.47. The first-order valence-electron chi connectivity index (χ1n) is 9.76. The molecule has 1 aromatic rings. The molecule has 2 N–H and O–H groups in total. The van der Waals surface area contributed by atoms with Gasteiger partial charge >= 0.3 is 5.84 Å². The molecule has 0 radical (unpaired) electrons. The summed E-state index contributed by atoms with van der Waals surface area (Å²) in [4.78, 5) is 21.1. The second-order valence-electron chi connectivity index (χ2n) is 8.90. The third kappa shape index (κ3) is 2.26. The van der Waals surface area contributed by atoms with Crippen molar-refractivity contribution in [2.45, 2.75) is 19.3 Å². The van der Waals surface area contributed by atoms with Crippen molar-refractivity contribution in [2.24, 2.45) is 20.5 Å². The highest BCUT2D eigenvalue weighted by Crippen LogP contribution is 2.43. The Morgan fingerprint density at radius 1 is 1.28 bits per heavy atom. The van der Waals surface area contributed by atoms with E-state index in [1.54, 1.807) is 12.4 Å². The van der Waals surface area contributed by atoms with Gasteiger partial charge in [-0.3, -0.25) is 9.79 Å². The van der Waals surface area contributed by atoms with Gasteiger partial charge in [0.05, 0.1) is 43.3 Å². The highest BCUT2D eigenvalue weighted by Gasteiger charge is 2.60. The van der Waals surface area contributed by atoms with Crippen molar-refractivity contribution < 1.29 is 14.2 Å². The molecule has 0 saturated carbocycles. The average Bonchev–Trinajstić information content (AvgIpc) is 3.07. The zero-order valence-electron chi connectivity index (χ0n) is 16.3. The zero-order valence-corrected chi connectivity index (χ0v) is 16.3. The molecule has 9 heteroatoms. The molecule has 2 saturated heterocycles. The summed E-state index contributed by atoms with van der Waals surface area (Å²) in [5, 5.41) is 13.4. The van der Waals surface area contributed by atoms with E-state index in [0.29, 0.717) is 5.96 Å². The maximum Gasteiger partial charge on any atom is 0.301 e. The monoisotopic (exact) mass is 392 g/mol. The number of quaternary nitrogens is 1. The summed E-state index contributed by atoms with van der Waals surface area (Å²) in [7, 11) is 0. The minimum absolute atomic E-state index is 0.0118. The molecule has 6 rings (SSSR count). The first-order chi connectivity index (χ1) is 13.9. The maximum absolute atomic E-state index is 12.2. The lowest BCUT2D eigenvalue weighted by Gasteiger charge is -2.55. The fourth-order valence-electron chi connectivity index (χ4n) is 4.54. The van der Waals surface area contributed by atoms with Crippen molar-refractivity contribution in [2.75, 3.05) is 36.9 Å². The minimum Gasteiger partial charge on any atom is -0.380 e. The van der Waals surface area contributed by atoms with E-state index in [2.05, 4.69) is 25.6 Å². The summed E-state index contributed by atoms with van der Waals surface area (Å²) < 4.78 is 5.61. The number of nitrogens with zero attached hydrogens (tertiary/aromatic N) is 5. The Morgan fingerprint density at radius 3 is 2.86 bits per heavy atom. The van der Waals surface area contributed by atoms with Crippen molar-refractivity contribution in [3.63, 3.8) is 0 Å². The van der Waals surface area contributed by atoms with Gasteiger partial charge in [0.2, 0.25) is 5.91 Å². The fraction of sp³-hybridized carbons (Fsp3) is 0.400. The predicted octanol–water partition coefficient (Wildman–Crippen LogP) is 1.63. The van der Waals surface area contributed by atoms with E-state index in [0.717, 1.165) is 49.1 Å². The number of carbonyl (C=O) groups excluding carboxylic acids is 1. The van der Waals surface area contributed by atoms with Gasteiger partial charge in [0.15, 0.2) is 6.20 Å². The first kappa shape index (κ1) is 17.0. The first-order valence-corrected chi connectivity index (χ1v) is 9.76. The van der Waals surface area contributed by atoms with E-state index < -0.39 is 5.41 Å². The molecule has 1 unspecified atom stereocenters. The van der Waals surface area contributed by atoms with Crippen molar-refractivity contribution in [3.05, 3.63) is 36.2 Å². The number of amides is 1. The van der Waals surface area contributed by atoms with Crippen LogP contribution in [0.2, 0.25) is 0 Å². The predicted molar refractivity (Wildman–Crippen MR) is 109 cm³/mol. The summed E-state index contributed by atoms with van der Waals surface area (Å²) in [6.45, 7) is 7.33. The SMILES string of the molecule is CC1(C)C(=O)Nc2cc(NC3=N[N+]4(N5CC6(COC6)C5)C=CN=CC4=N3)ccc21. The molecule has 29 heavy (non-hydrogen) atoms. The summed E-state index contributed by atoms with van der Waals surface area (Å²) in [6, 6.07) is 5.87. The molecule has 1 spiro atoms. The molecular weight excluding hydrogens is 370 g/mol. The lowest BCUT2D eigenvalue weighted by Crippen LogP contribution is -2.74. The van der Waals surface area contributed by atoms with Crippen LogP contribution in [0.15, 0.2) is 45.7 Å². The van der Waals surface area contributed by atoms with Crippen LogP contribution >= 0.6 is 0 Å². The maximum atomic E-state index is 12.2. The molecule has 148 valence electrons. The van der Waals surface area contributed by atoms with Crippen LogP contribution in [0.25, 0.3) is 0 Å². The highest BCUT2D eigenvalue weighted by molar-refractivity contribution is 6.30. The molecule has 0 aliphatic carbocycles. The molecule has 5 heterocycles. The number of amidine groups is 1. The molecule has 2 fully saturated rings. The number of hydrogen-bond donors (Lipinski definition) is 2. The van der Waals surface area contributed by atoms with Gasteiger partial charge < -0.3 is 15.4 Å². The Bertz CT molecular complexity index is 1060. The summed E-state index contributed by atoms with van der Waals surface area (Å²) >= 11 is 0. The summed E-state index contributed by atoms with van der Waals surface area (Å²) in [5.41, 5.74) is 2.41. The molecule has 0 bridgehead atoms. The number of carbonyl (C=O) groups is 1. The molecule has 1 atom stereocenters. The van der Waals surface area contributed by atoms with E-state index in [1.165, 1.54) is 0 Å². The standard InChI is InChI=1S/C20H21N7O2/c1-19(2)14-4-3-13(7-15(14)23-17(19)28)22-18-24-16-8-21-5-6-27(16,25-18)26-9-20(10-26)11-29-12-20/h3-8H,9-12H2,1-2H3,(H-,22,23,25,28)/p+1. The largest absolute Gasteiger partial charge is 0.380 e. The van der Waals surface area contributed by atoms with Crippen LogP contribution < -0.4 is 10.6 Å². The van der Waals surface area contributed by atoms with Crippen LogP contribution in [0.3, 0.4) is 0 Å². The number of benzene rings is 1. The smallest absolute Gasteiger partial charge is 0.301 e. The van der Waals surface area contributed by atoms with Gasteiger partial charge in [-0.25, -0.2) is 0 Å². The van der Waals surface area contributed by atoms with Crippen LogP contribution in [0, 0.1) is 5.41 Å². The van der Waals surface area contributed by atoms with Crippen LogP contribution in [0.1, 0.15) is 19.4 Å². The number of ether oxygens (including phenoxy) is 1. The molecule has 5 aliphatic rings. The third-order valence-electron chi connectivity index (χ3n) is 6.40. The minimum atomic E-state index is -0.519. The Morgan fingerprint density at radius 2 is 2.10 bits per heavy atom. The van der Waals surface area contributed by atoms with Crippen molar-refractivity contribution in [1.82, 2.24) is 5.01 Å². The molecule has 5 aliphatic heterocycles.